The Morgan fingerprint density at radius 1 is 0.419 bits per heavy atom. The number of halogens is 9. The van der Waals surface area contributed by atoms with Gasteiger partial charge in [0.2, 0.25) is 0 Å². The molecule has 1 unspecified atom stereocenters. The van der Waals surface area contributed by atoms with Gasteiger partial charge in [-0.1, -0.05) is 121 Å². The lowest BCUT2D eigenvalue weighted by atomic mass is 9.83. The third kappa shape index (κ3) is 5.63. The molecule has 0 saturated heterocycles. The molecule has 3 aromatic heterocycles. The van der Waals surface area contributed by atoms with E-state index in [0.717, 1.165) is 0 Å². The van der Waals surface area contributed by atoms with Crippen LogP contribution in [0.15, 0.2) is 151 Å². The first-order valence-corrected chi connectivity index (χ1v) is 19.3. The van der Waals surface area contributed by atoms with Gasteiger partial charge in [-0.05, 0) is 58.7 Å². The third-order valence-electron chi connectivity index (χ3n) is 11.5. The number of fused-ring (bicyclic) bond motifs is 11. The summed E-state index contributed by atoms with van der Waals surface area (Å²) < 4.78 is 145. The number of benzene rings is 4. The molecule has 4 nitrogen and oxygen atoms in total. The van der Waals surface area contributed by atoms with Gasteiger partial charge in [0.15, 0.2) is 5.83 Å². The van der Waals surface area contributed by atoms with Gasteiger partial charge in [-0.2, -0.15) is 35.1 Å². The molecule has 8 bridgehead atoms. The normalized spacial score (nSPS) is 18.3. The zero-order chi connectivity index (χ0) is 43.2. The first-order valence-electron chi connectivity index (χ1n) is 19.3. The molecule has 2 N–H and O–H groups in total. The van der Waals surface area contributed by atoms with Gasteiger partial charge in [-0.25, -0.2) is 9.37 Å². The number of allylic oxidation sites excluding steroid dienone is 2. The van der Waals surface area contributed by atoms with Crippen molar-refractivity contribution in [1.82, 2.24) is 19.9 Å². The molecule has 7 aromatic rings. The van der Waals surface area contributed by atoms with Crippen molar-refractivity contribution in [3.05, 3.63) is 174 Å². The number of hydrogen-bond donors (Lipinski definition) is 2. The Morgan fingerprint density at radius 3 is 1.29 bits per heavy atom. The molecule has 0 fully saturated rings. The Hall–Kier alpha value is -7.15. The number of nitrogens with one attached hydrogen (secondary N) is 2. The van der Waals surface area contributed by atoms with E-state index in [9.17, 15) is 0 Å². The van der Waals surface area contributed by atoms with E-state index >= 15 is 39.5 Å². The summed E-state index contributed by atoms with van der Waals surface area (Å²) in [4.78, 5) is 16.1. The monoisotopic (exact) mass is 844 g/mol. The second-order valence-corrected chi connectivity index (χ2v) is 15.1. The van der Waals surface area contributed by atoms with Crippen molar-refractivity contribution in [3.8, 4) is 44.5 Å². The Kier molecular flexibility index (Phi) is 8.78. The molecule has 1 atom stereocenters. The zero-order valence-corrected chi connectivity index (χ0v) is 31.9. The van der Waals surface area contributed by atoms with Crippen molar-refractivity contribution < 1.29 is 39.5 Å². The SMILES string of the molecule is FC1=C2c3nc(c(-c4ccccc4)c4ccc([nH]4)c(-c4ccccc4)c4ccc([nH]4)c(-c4ccccc4)c4nc(c3-c3ccccc3)C=C4)C2C(F)(F)C(F)(F)C(F)(F)C1(F)F. The quantitative estimate of drug-likeness (QED) is 0.173. The largest absolute Gasteiger partial charge is 0.384 e. The standard InChI is InChI=1S/C49H29F9N4/c50-45-41-42(46(51,52)48(55,56)49(57,58)47(45,53)54)44-40(30-19-11-4-12-20-30)36-26-24-34(61-36)38(28-15-7-2-8-16-28)32-22-21-31(59-32)37(27-13-5-1-6-14-27)33-23-25-35(60-33)39(43(41)62-44)29-17-9-3-10-18-29/h1-26,42,59,61H. The molecule has 5 heterocycles. The minimum atomic E-state index is -6.89. The van der Waals surface area contributed by atoms with Crippen molar-refractivity contribution in [2.75, 3.05) is 0 Å². The van der Waals surface area contributed by atoms with Crippen LogP contribution < -0.4 is 0 Å². The first kappa shape index (κ1) is 39.0. The van der Waals surface area contributed by atoms with Gasteiger partial charge in [0, 0.05) is 49.9 Å². The van der Waals surface area contributed by atoms with E-state index < -0.39 is 52.4 Å². The van der Waals surface area contributed by atoms with Gasteiger partial charge < -0.3 is 9.97 Å². The van der Waals surface area contributed by atoms with Gasteiger partial charge in [0.25, 0.3) is 0 Å². The van der Waals surface area contributed by atoms with E-state index in [2.05, 4.69) is 15.0 Å². The molecule has 0 spiro atoms. The van der Waals surface area contributed by atoms with E-state index in [1.807, 2.05) is 48.5 Å². The minimum Gasteiger partial charge on any atom is -0.354 e. The molecule has 10 rings (SSSR count). The average molecular weight is 845 g/mol. The van der Waals surface area contributed by atoms with E-state index in [1.165, 1.54) is 60.7 Å². The van der Waals surface area contributed by atoms with Crippen LogP contribution in [0.1, 0.15) is 28.7 Å². The van der Waals surface area contributed by atoms with Gasteiger partial charge in [-0.15, -0.1) is 0 Å². The molecule has 0 radical (unpaired) electrons. The fraction of sp³-hybridized carbons (Fsp3) is 0.102. The molecule has 308 valence electrons. The minimum absolute atomic E-state index is 0.0355. The number of rotatable bonds is 4. The van der Waals surface area contributed by atoms with Crippen LogP contribution >= 0.6 is 0 Å². The highest BCUT2D eigenvalue weighted by atomic mass is 19.4. The summed E-state index contributed by atoms with van der Waals surface area (Å²) in [5, 5.41) is 0. The predicted molar refractivity (Wildman–Crippen MR) is 222 cm³/mol. The smallest absolute Gasteiger partial charge is 0.354 e. The van der Waals surface area contributed by atoms with Crippen LogP contribution in [0.2, 0.25) is 0 Å². The van der Waals surface area contributed by atoms with Crippen LogP contribution in [-0.2, 0) is 0 Å². The third-order valence-corrected chi connectivity index (χ3v) is 11.5. The van der Waals surface area contributed by atoms with Crippen LogP contribution in [0.5, 0.6) is 0 Å². The molecule has 4 aromatic carbocycles. The highest BCUT2D eigenvalue weighted by molar-refractivity contribution is 6.00. The molecule has 0 amide bonds. The second-order valence-electron chi connectivity index (χ2n) is 15.1. The Labute approximate surface area is 346 Å². The average Bonchev–Trinajstić information content (AvgIpc) is 4.11. The summed E-state index contributed by atoms with van der Waals surface area (Å²) in [6.45, 7) is 0. The summed E-state index contributed by atoms with van der Waals surface area (Å²) >= 11 is 0. The number of H-pyrrole nitrogens is 2. The summed E-state index contributed by atoms with van der Waals surface area (Å²) in [5.41, 5.74) is -0.245. The summed E-state index contributed by atoms with van der Waals surface area (Å²) in [7, 11) is 0. The van der Waals surface area contributed by atoms with E-state index in [4.69, 9.17) is 4.98 Å². The Balaban J connectivity index is 1.50. The first-order chi connectivity index (χ1) is 29.7. The van der Waals surface area contributed by atoms with Crippen molar-refractivity contribution >= 4 is 39.8 Å². The van der Waals surface area contributed by atoms with Gasteiger partial charge in [0.1, 0.15) is 5.92 Å². The van der Waals surface area contributed by atoms with Crippen molar-refractivity contribution in [1.29, 1.82) is 0 Å². The lowest BCUT2D eigenvalue weighted by molar-refractivity contribution is -0.358. The summed E-state index contributed by atoms with van der Waals surface area (Å²) in [5.74, 6) is -32.8. The molecule has 1 aliphatic carbocycles. The van der Waals surface area contributed by atoms with Gasteiger partial charge in [0.05, 0.1) is 22.8 Å². The van der Waals surface area contributed by atoms with Crippen LogP contribution in [0.4, 0.5) is 39.5 Å². The van der Waals surface area contributed by atoms with E-state index in [0.29, 0.717) is 38.8 Å². The predicted octanol–water partition coefficient (Wildman–Crippen LogP) is 14.2. The van der Waals surface area contributed by atoms with Crippen molar-refractivity contribution in [3.63, 3.8) is 0 Å². The second kappa shape index (κ2) is 13.9. The van der Waals surface area contributed by atoms with E-state index in [-0.39, 0.29) is 39.2 Å². The number of aromatic amines is 2. The molecular formula is C49H29F9N4. The number of nitrogens with zero attached hydrogens (tertiary/aromatic N) is 2. The molecule has 0 saturated carbocycles. The maximum Gasteiger partial charge on any atom is 0.384 e. The van der Waals surface area contributed by atoms with Crippen molar-refractivity contribution in [2.45, 2.75) is 29.6 Å². The number of hydrogen-bond acceptors (Lipinski definition) is 2. The molecule has 2 aliphatic heterocycles. The van der Waals surface area contributed by atoms with Gasteiger partial charge in [-0.3, -0.25) is 4.98 Å². The topological polar surface area (TPSA) is 57.4 Å². The van der Waals surface area contributed by atoms with Crippen LogP contribution in [0, 0.1) is 0 Å². The Bertz CT molecular complexity index is 3140. The summed E-state index contributed by atoms with van der Waals surface area (Å²) in [6, 6.07) is 39.9. The fourth-order valence-electron chi connectivity index (χ4n) is 8.57. The van der Waals surface area contributed by atoms with E-state index in [1.54, 1.807) is 48.5 Å². The molecule has 62 heavy (non-hydrogen) atoms. The summed E-state index contributed by atoms with van der Waals surface area (Å²) in [6.07, 6.45) is 2.99. The van der Waals surface area contributed by atoms with Crippen LogP contribution in [0.3, 0.4) is 0 Å². The highest BCUT2D eigenvalue weighted by Gasteiger charge is 2.86. The van der Waals surface area contributed by atoms with Gasteiger partial charge >= 0.3 is 23.7 Å². The maximum atomic E-state index is 17.0. The Morgan fingerprint density at radius 2 is 0.806 bits per heavy atom. The molecule has 13 heteroatoms. The number of alkyl halides is 8. The lowest BCUT2D eigenvalue weighted by Crippen LogP contribution is -2.62. The van der Waals surface area contributed by atoms with Crippen molar-refractivity contribution in [2.24, 2.45) is 0 Å². The molecule has 3 aliphatic rings. The van der Waals surface area contributed by atoms with Crippen LogP contribution in [-0.4, -0.2) is 43.6 Å². The van der Waals surface area contributed by atoms with Crippen LogP contribution in [0.25, 0.3) is 84.3 Å². The fourth-order valence-corrected chi connectivity index (χ4v) is 8.57. The number of aromatic nitrogens is 4. The lowest BCUT2D eigenvalue weighted by Gasteiger charge is -2.35. The molecular weight excluding hydrogens is 816 g/mol. The maximum absolute atomic E-state index is 17.0. The highest BCUT2D eigenvalue weighted by Crippen LogP contribution is 2.67. The zero-order valence-electron chi connectivity index (χ0n) is 31.9.